The van der Waals surface area contributed by atoms with E-state index >= 15 is 8.42 Å². The van der Waals surface area contributed by atoms with Gasteiger partial charge in [0.15, 0.2) is 11.5 Å². The SMILES string of the molecule is CCCCCC(C)(C)c1c(-c2ccc(O)cc2)ccc(S(=O)(=O)c2ccc(-c3ccc(O)cc3)c(C(C)(C)CCCCC)c2OC(=O)c2ccccc2)c1OC(=O)c1ccccc1. The highest BCUT2D eigenvalue weighted by Crippen LogP contribution is 2.51. The van der Waals surface area contributed by atoms with Crippen LogP contribution in [0.1, 0.15) is 125 Å². The minimum absolute atomic E-state index is 0.0687. The Morgan fingerprint density at radius 2 is 0.841 bits per heavy atom. The second-order valence-corrected chi connectivity index (χ2v) is 19.3. The first-order valence-electron chi connectivity index (χ1n) is 21.8. The minimum Gasteiger partial charge on any atom is -0.508 e. The van der Waals surface area contributed by atoms with Crippen molar-refractivity contribution in [3.8, 4) is 45.3 Å². The van der Waals surface area contributed by atoms with Gasteiger partial charge in [-0.3, -0.25) is 0 Å². The molecule has 0 saturated carbocycles. The van der Waals surface area contributed by atoms with Crippen LogP contribution in [0.4, 0.5) is 0 Å². The molecule has 9 heteroatoms. The van der Waals surface area contributed by atoms with Crippen molar-refractivity contribution in [2.24, 2.45) is 0 Å². The van der Waals surface area contributed by atoms with Crippen LogP contribution in [0.3, 0.4) is 0 Å². The number of hydrogen-bond acceptors (Lipinski definition) is 8. The minimum atomic E-state index is -4.72. The van der Waals surface area contributed by atoms with E-state index in [1.54, 1.807) is 121 Å². The number of ether oxygens (including phenoxy) is 2. The molecule has 0 aliphatic carbocycles. The number of rotatable bonds is 18. The van der Waals surface area contributed by atoms with E-state index in [4.69, 9.17) is 9.47 Å². The number of unbranched alkanes of at least 4 members (excludes halogenated alkanes) is 4. The lowest BCUT2D eigenvalue weighted by Crippen LogP contribution is -2.25. The number of benzene rings is 6. The Balaban J connectivity index is 1.71. The number of carbonyl (C=O) groups excluding carboxylic acids is 2. The Morgan fingerprint density at radius 3 is 1.17 bits per heavy atom. The van der Waals surface area contributed by atoms with Crippen molar-refractivity contribution in [2.45, 2.75) is 114 Å². The summed E-state index contributed by atoms with van der Waals surface area (Å²) in [6.07, 6.45) is 6.75. The zero-order valence-corrected chi connectivity index (χ0v) is 37.9. The normalized spacial score (nSPS) is 11.9. The van der Waals surface area contributed by atoms with Crippen molar-refractivity contribution < 1.29 is 37.7 Å². The standard InChI is InChI=1S/C54H58O8S/c1-7-9-17-35-53(3,4)47-43(37-23-27-41(55)28-24-37)31-33-45(49(47)61-51(57)39-19-13-11-14-20-39)63(59,60)46-34-32-44(38-25-29-42(56)30-26-38)48(54(5,6)36-18-10-8-2)50(46)62-52(58)40-21-15-12-16-22-40/h11-16,19-34,55-56H,7-10,17-18,35-36H2,1-6H3. The van der Waals surface area contributed by atoms with Gasteiger partial charge >= 0.3 is 11.9 Å². The van der Waals surface area contributed by atoms with E-state index in [9.17, 15) is 19.8 Å². The molecule has 0 atom stereocenters. The van der Waals surface area contributed by atoms with E-state index in [-0.39, 0.29) is 43.9 Å². The zero-order chi connectivity index (χ0) is 45.4. The molecule has 0 amide bonds. The van der Waals surface area contributed by atoms with Gasteiger partial charge in [-0.25, -0.2) is 18.0 Å². The van der Waals surface area contributed by atoms with Crippen LogP contribution in [0.2, 0.25) is 0 Å². The average molecular weight is 867 g/mol. The molecule has 6 aromatic carbocycles. The van der Waals surface area contributed by atoms with Gasteiger partial charge in [0.1, 0.15) is 21.3 Å². The lowest BCUT2D eigenvalue weighted by atomic mass is 9.76. The Labute approximate surface area is 372 Å². The Kier molecular flexibility index (Phi) is 14.6. The summed E-state index contributed by atoms with van der Waals surface area (Å²) < 4.78 is 44.7. The fourth-order valence-electron chi connectivity index (χ4n) is 8.31. The number of hydrogen-bond donors (Lipinski definition) is 2. The maximum absolute atomic E-state index is 15.9. The molecule has 0 radical (unpaired) electrons. The maximum atomic E-state index is 15.9. The van der Waals surface area contributed by atoms with E-state index in [0.717, 1.165) is 38.5 Å². The number of phenols is 2. The molecule has 0 aliphatic heterocycles. The second-order valence-electron chi connectivity index (χ2n) is 17.4. The summed E-state index contributed by atoms with van der Waals surface area (Å²) in [5.41, 5.74) is 2.69. The number of carbonyl (C=O) groups is 2. The van der Waals surface area contributed by atoms with Gasteiger partial charge in [0.2, 0.25) is 9.84 Å². The van der Waals surface area contributed by atoms with Crippen LogP contribution in [0, 0.1) is 0 Å². The summed E-state index contributed by atoms with van der Waals surface area (Å²) in [7, 11) is -4.72. The molecule has 63 heavy (non-hydrogen) atoms. The molecule has 0 fully saturated rings. The predicted octanol–water partition coefficient (Wildman–Crippen LogP) is 13.4. The molecule has 0 unspecified atom stereocenters. The molecular weight excluding hydrogens is 809 g/mol. The second kappa shape index (κ2) is 19.9. The van der Waals surface area contributed by atoms with Crippen LogP contribution in [0.15, 0.2) is 143 Å². The van der Waals surface area contributed by atoms with E-state index in [0.29, 0.717) is 46.2 Å². The maximum Gasteiger partial charge on any atom is 0.343 e. The third kappa shape index (κ3) is 10.5. The first-order chi connectivity index (χ1) is 30.1. The van der Waals surface area contributed by atoms with Crippen LogP contribution in [0.25, 0.3) is 22.3 Å². The van der Waals surface area contributed by atoms with Gasteiger partial charge in [0, 0.05) is 11.1 Å². The Hall–Kier alpha value is -6.19. The molecule has 0 bridgehead atoms. The molecule has 6 rings (SSSR count). The molecule has 6 aromatic rings. The molecule has 0 aromatic heterocycles. The third-order valence-corrected chi connectivity index (χ3v) is 13.6. The molecule has 0 saturated heterocycles. The van der Waals surface area contributed by atoms with E-state index < -0.39 is 32.6 Å². The predicted molar refractivity (Wildman–Crippen MR) is 250 cm³/mol. The number of aromatic hydroxyl groups is 2. The number of sulfone groups is 1. The highest BCUT2D eigenvalue weighted by atomic mass is 32.2. The quantitative estimate of drug-likeness (QED) is 0.0497. The highest BCUT2D eigenvalue weighted by Gasteiger charge is 2.39. The van der Waals surface area contributed by atoms with E-state index in [1.165, 1.54) is 12.1 Å². The van der Waals surface area contributed by atoms with Crippen molar-refractivity contribution >= 4 is 21.8 Å². The molecule has 328 valence electrons. The van der Waals surface area contributed by atoms with Gasteiger partial charge in [-0.05, 0) is 107 Å². The lowest BCUT2D eigenvalue weighted by molar-refractivity contribution is 0.0718. The summed E-state index contributed by atoms with van der Waals surface area (Å²) in [4.78, 5) is 27.9. The van der Waals surface area contributed by atoms with Crippen molar-refractivity contribution in [2.75, 3.05) is 0 Å². The van der Waals surface area contributed by atoms with Gasteiger partial charge in [0.05, 0.1) is 11.1 Å². The molecule has 0 spiro atoms. The zero-order valence-electron chi connectivity index (χ0n) is 37.1. The fraction of sp³-hybridized carbons (Fsp3) is 0.296. The topological polar surface area (TPSA) is 127 Å². The Morgan fingerprint density at radius 1 is 0.492 bits per heavy atom. The van der Waals surface area contributed by atoms with Gasteiger partial charge in [-0.15, -0.1) is 0 Å². The average Bonchev–Trinajstić information content (AvgIpc) is 3.27. The third-order valence-electron chi connectivity index (χ3n) is 11.8. The van der Waals surface area contributed by atoms with Crippen LogP contribution in [-0.2, 0) is 20.7 Å². The van der Waals surface area contributed by atoms with Crippen molar-refractivity contribution in [3.05, 3.63) is 156 Å². The number of phenolic OH excluding ortho intramolecular Hbond substituents is 2. The van der Waals surface area contributed by atoms with E-state index in [1.807, 2.05) is 27.7 Å². The summed E-state index contributed by atoms with van der Waals surface area (Å²) >= 11 is 0. The van der Waals surface area contributed by atoms with Crippen LogP contribution < -0.4 is 9.47 Å². The van der Waals surface area contributed by atoms with Crippen LogP contribution in [-0.4, -0.2) is 30.6 Å². The lowest BCUT2D eigenvalue weighted by Gasteiger charge is -2.32. The molecule has 0 heterocycles. The molecule has 2 N–H and O–H groups in total. The summed E-state index contributed by atoms with van der Waals surface area (Å²) in [5, 5.41) is 20.5. The van der Waals surface area contributed by atoms with Crippen molar-refractivity contribution in [1.29, 1.82) is 0 Å². The molecule has 0 aliphatic rings. The molecule has 8 nitrogen and oxygen atoms in total. The summed E-state index contributed by atoms with van der Waals surface area (Å²) in [6.45, 7) is 12.3. The summed E-state index contributed by atoms with van der Waals surface area (Å²) in [6, 6.07) is 36.5. The van der Waals surface area contributed by atoms with Gasteiger partial charge in [-0.1, -0.05) is 153 Å². The summed E-state index contributed by atoms with van der Waals surface area (Å²) in [5.74, 6) is -1.59. The van der Waals surface area contributed by atoms with Gasteiger partial charge in [-0.2, -0.15) is 0 Å². The van der Waals surface area contributed by atoms with Crippen LogP contribution >= 0.6 is 0 Å². The van der Waals surface area contributed by atoms with Gasteiger partial charge < -0.3 is 19.7 Å². The Bertz CT molecular complexity index is 2450. The first-order valence-corrected chi connectivity index (χ1v) is 23.3. The van der Waals surface area contributed by atoms with E-state index in [2.05, 4.69) is 13.8 Å². The van der Waals surface area contributed by atoms with Gasteiger partial charge in [0.25, 0.3) is 0 Å². The first kappa shape index (κ1) is 46.3. The van der Waals surface area contributed by atoms with Crippen molar-refractivity contribution in [3.63, 3.8) is 0 Å². The number of esters is 2. The molecular formula is C54H58O8S. The monoisotopic (exact) mass is 866 g/mol. The highest BCUT2D eigenvalue weighted by molar-refractivity contribution is 7.91. The fourth-order valence-corrected chi connectivity index (χ4v) is 9.82. The van der Waals surface area contributed by atoms with Crippen molar-refractivity contribution in [1.82, 2.24) is 0 Å². The largest absolute Gasteiger partial charge is 0.508 e. The van der Waals surface area contributed by atoms with Crippen LogP contribution in [0.5, 0.6) is 23.0 Å². The smallest absolute Gasteiger partial charge is 0.343 e.